The van der Waals surface area contributed by atoms with Gasteiger partial charge in [0.15, 0.2) is 5.78 Å². The largest absolute Gasteiger partial charge is 0.297 e. The van der Waals surface area contributed by atoms with Crippen LogP contribution in [0.1, 0.15) is 69.9 Å². The van der Waals surface area contributed by atoms with Gasteiger partial charge >= 0.3 is 0 Å². The lowest BCUT2D eigenvalue weighted by Crippen LogP contribution is -2.52. The fourth-order valence-electron chi connectivity index (χ4n) is 8.45. The van der Waals surface area contributed by atoms with Crippen LogP contribution in [0.3, 0.4) is 0 Å². The van der Waals surface area contributed by atoms with Gasteiger partial charge in [-0.3, -0.25) is 13.2 Å². The molecule has 6 rings (SSSR count). The van der Waals surface area contributed by atoms with Crippen LogP contribution in [0.25, 0.3) is 0 Å². The highest BCUT2D eigenvalue weighted by atomic mass is 32.2. The van der Waals surface area contributed by atoms with Gasteiger partial charge < -0.3 is 0 Å². The van der Waals surface area contributed by atoms with E-state index in [0.717, 1.165) is 30.4 Å². The molecule has 3 saturated carbocycles. The van der Waals surface area contributed by atoms with E-state index in [2.05, 4.69) is 13.0 Å². The van der Waals surface area contributed by atoms with Crippen molar-refractivity contribution < 1.29 is 30.0 Å². The Balaban J connectivity index is 1.19. The van der Waals surface area contributed by atoms with Crippen molar-refractivity contribution in [2.75, 3.05) is 0 Å². The third-order valence-electron chi connectivity index (χ3n) is 10.9. The van der Waals surface area contributed by atoms with Crippen LogP contribution in [-0.2, 0) is 33.4 Å². The summed E-state index contributed by atoms with van der Waals surface area (Å²) in [4.78, 5) is 13.6. The Bertz CT molecular complexity index is 1630. The van der Waals surface area contributed by atoms with Crippen LogP contribution < -0.4 is 0 Å². The second-order valence-corrected chi connectivity index (χ2v) is 16.6. The van der Waals surface area contributed by atoms with Gasteiger partial charge in [-0.05, 0) is 99.8 Å². The number of carbonyl (C=O) groups excluding carboxylic acids is 1. The summed E-state index contributed by atoms with van der Waals surface area (Å²) in [5.74, 6) is 0.487. The van der Waals surface area contributed by atoms with Crippen molar-refractivity contribution in [3.05, 3.63) is 71.3 Å². The Hall–Kier alpha value is -2.33. The first-order valence-corrected chi connectivity index (χ1v) is 17.8. The smallest absolute Gasteiger partial charge is 0.297 e. The Morgan fingerprint density at radius 1 is 0.738 bits per heavy atom. The molecule has 0 heterocycles. The predicted molar refractivity (Wildman–Crippen MR) is 159 cm³/mol. The molecular weight excluding hydrogens is 572 g/mol. The van der Waals surface area contributed by atoms with Gasteiger partial charge in [-0.1, -0.05) is 60.9 Å². The predicted octanol–water partition coefficient (Wildman–Crippen LogP) is 6.29. The van der Waals surface area contributed by atoms with Crippen molar-refractivity contribution in [3.8, 4) is 0 Å². The zero-order valence-electron chi connectivity index (χ0n) is 24.7. The summed E-state index contributed by atoms with van der Waals surface area (Å²) in [5, 5.41) is 0. The minimum atomic E-state index is -4.08. The third kappa shape index (κ3) is 5.00. The third-order valence-corrected chi connectivity index (χ3v) is 13.6. The molecule has 7 atom stereocenters. The van der Waals surface area contributed by atoms with E-state index in [9.17, 15) is 21.6 Å². The molecule has 0 amide bonds. The second kappa shape index (κ2) is 10.4. The molecule has 4 aliphatic rings. The molecule has 42 heavy (non-hydrogen) atoms. The van der Waals surface area contributed by atoms with Crippen LogP contribution >= 0.6 is 0 Å². The first kappa shape index (κ1) is 29.7. The highest BCUT2D eigenvalue weighted by Crippen LogP contribution is 2.65. The summed E-state index contributed by atoms with van der Waals surface area (Å²) in [6.45, 7) is 8.13. The van der Waals surface area contributed by atoms with Crippen LogP contribution in [0.2, 0.25) is 0 Å². The van der Waals surface area contributed by atoms with Crippen LogP contribution in [-0.4, -0.2) is 34.8 Å². The number of benzene rings is 2. The molecule has 0 aromatic heterocycles. The molecule has 2 aromatic carbocycles. The molecule has 0 saturated heterocycles. The lowest BCUT2D eigenvalue weighted by atomic mass is 9.48. The van der Waals surface area contributed by atoms with Crippen molar-refractivity contribution in [1.82, 2.24) is 0 Å². The maximum Gasteiger partial charge on any atom is 0.297 e. The van der Waals surface area contributed by atoms with Gasteiger partial charge in [-0.2, -0.15) is 16.8 Å². The van der Waals surface area contributed by atoms with Gasteiger partial charge in [0.2, 0.25) is 0 Å². The number of Topliss-reactive ketones (excluding diaryl/α,β-unsaturated/α-hetero) is 1. The van der Waals surface area contributed by atoms with E-state index < -0.39 is 37.9 Å². The zero-order chi connectivity index (χ0) is 30.1. The van der Waals surface area contributed by atoms with E-state index >= 15 is 0 Å². The van der Waals surface area contributed by atoms with Crippen molar-refractivity contribution in [2.45, 2.75) is 94.6 Å². The summed E-state index contributed by atoms with van der Waals surface area (Å²) in [6, 6.07) is 13.2. The molecule has 7 nitrogen and oxygen atoms in total. The number of hydrogen-bond donors (Lipinski definition) is 0. The summed E-state index contributed by atoms with van der Waals surface area (Å²) < 4.78 is 63.8. The molecule has 4 aliphatic carbocycles. The normalized spacial score (nSPS) is 34.7. The van der Waals surface area contributed by atoms with Gasteiger partial charge in [-0.25, -0.2) is 0 Å². The molecule has 9 heteroatoms. The quantitative estimate of drug-likeness (QED) is 0.279. The maximum atomic E-state index is 13.4. The molecule has 3 fully saturated rings. The van der Waals surface area contributed by atoms with Crippen LogP contribution in [0, 0.1) is 42.4 Å². The molecule has 0 radical (unpaired) electrons. The fourth-order valence-corrected chi connectivity index (χ4v) is 10.7. The van der Waals surface area contributed by atoms with Gasteiger partial charge in [0.05, 0.1) is 15.9 Å². The molecule has 0 bridgehead atoms. The summed E-state index contributed by atoms with van der Waals surface area (Å²) in [7, 11) is -7.94. The molecule has 0 aliphatic heterocycles. The van der Waals surface area contributed by atoms with E-state index in [1.807, 2.05) is 20.8 Å². The van der Waals surface area contributed by atoms with Crippen molar-refractivity contribution in [2.24, 2.45) is 28.6 Å². The second-order valence-electron chi connectivity index (χ2n) is 13.4. The molecule has 0 N–H and O–H groups in total. The first-order valence-electron chi connectivity index (χ1n) is 15.0. The standard InChI is InChI=1S/C33H40O7S2/c1-21-5-10-25(11-6-21)41(35,36)39-24-15-17-32(3)23(19-24)9-14-27-28(32)16-18-33(4)29(27)20-30(34)31(33)40-42(37,38)26-12-7-22(2)8-13-26/h5-13,24,27-29,31H,14-20H2,1-4H3/t24?,27-,28+,29+,31?,32+,33+/m1/s1. The number of aryl methyl sites for hydroxylation is 2. The van der Waals surface area contributed by atoms with E-state index in [-0.39, 0.29) is 32.8 Å². The van der Waals surface area contributed by atoms with Crippen LogP contribution in [0.15, 0.2) is 70.0 Å². The van der Waals surface area contributed by atoms with E-state index in [4.69, 9.17) is 8.37 Å². The average molecular weight is 613 g/mol. The average Bonchev–Trinajstić information content (AvgIpc) is 3.18. The van der Waals surface area contributed by atoms with Crippen LogP contribution in [0.4, 0.5) is 0 Å². The SMILES string of the molecule is Cc1ccc(S(=O)(=O)OC2CC[C@@]3(C)C(=CC[C@@H]4[C@@H]3CC[C@]3(C)C(OS(=O)(=O)c5ccc(C)cc5)C(=O)C[C@@H]43)C2)cc1. The van der Waals surface area contributed by atoms with Crippen molar-refractivity contribution >= 4 is 26.0 Å². The zero-order valence-corrected chi connectivity index (χ0v) is 26.3. The summed E-state index contributed by atoms with van der Waals surface area (Å²) in [5.41, 5.74) is 2.53. The van der Waals surface area contributed by atoms with Gasteiger partial charge in [0.1, 0.15) is 6.10 Å². The highest BCUT2D eigenvalue weighted by molar-refractivity contribution is 7.87. The number of ketones is 1. The first-order chi connectivity index (χ1) is 19.7. The lowest BCUT2D eigenvalue weighted by Gasteiger charge is -2.57. The Kier molecular flexibility index (Phi) is 7.36. The molecule has 0 spiro atoms. The Labute approximate surface area is 249 Å². The Morgan fingerprint density at radius 3 is 1.90 bits per heavy atom. The molecular formula is C33H40O7S2. The lowest BCUT2D eigenvalue weighted by molar-refractivity contribution is -0.126. The van der Waals surface area contributed by atoms with Crippen LogP contribution in [0.5, 0.6) is 0 Å². The number of hydrogen-bond acceptors (Lipinski definition) is 7. The molecule has 226 valence electrons. The van der Waals surface area contributed by atoms with E-state index in [1.165, 1.54) is 17.7 Å². The fraction of sp³-hybridized carbons (Fsp3) is 0.545. The number of rotatable bonds is 6. The van der Waals surface area contributed by atoms with E-state index in [0.29, 0.717) is 31.6 Å². The van der Waals surface area contributed by atoms with Crippen molar-refractivity contribution in [3.63, 3.8) is 0 Å². The minimum Gasteiger partial charge on any atom is -0.297 e. The van der Waals surface area contributed by atoms with Gasteiger partial charge in [0.25, 0.3) is 20.2 Å². The molecule has 2 aromatic rings. The number of allylic oxidation sites excluding steroid dienone is 1. The van der Waals surface area contributed by atoms with Gasteiger partial charge in [-0.15, -0.1) is 0 Å². The summed E-state index contributed by atoms with van der Waals surface area (Å²) >= 11 is 0. The topological polar surface area (TPSA) is 104 Å². The number of carbonyl (C=O) groups is 1. The molecule has 2 unspecified atom stereocenters. The van der Waals surface area contributed by atoms with Crippen molar-refractivity contribution in [1.29, 1.82) is 0 Å². The monoisotopic (exact) mass is 612 g/mol. The highest BCUT2D eigenvalue weighted by Gasteiger charge is 2.62. The maximum absolute atomic E-state index is 13.4. The Morgan fingerprint density at radius 2 is 1.31 bits per heavy atom. The van der Waals surface area contributed by atoms with Gasteiger partial charge in [0, 0.05) is 11.8 Å². The number of fused-ring (bicyclic) bond motifs is 5. The summed E-state index contributed by atoms with van der Waals surface area (Å²) in [6.07, 6.45) is 5.59. The minimum absolute atomic E-state index is 0.0347. The van der Waals surface area contributed by atoms with E-state index in [1.54, 1.807) is 36.4 Å².